The van der Waals surface area contributed by atoms with Gasteiger partial charge in [-0.3, -0.25) is 14.7 Å². The van der Waals surface area contributed by atoms with Gasteiger partial charge in [-0.05, 0) is 25.1 Å². The molecule has 0 aliphatic carbocycles. The molecule has 3 aromatic rings. The Labute approximate surface area is 138 Å². The fourth-order valence-corrected chi connectivity index (χ4v) is 2.30. The van der Waals surface area contributed by atoms with E-state index >= 15 is 0 Å². The first kappa shape index (κ1) is 15.7. The van der Waals surface area contributed by atoms with Crippen LogP contribution in [0.15, 0.2) is 53.5 Å². The summed E-state index contributed by atoms with van der Waals surface area (Å²) in [6.45, 7) is 2.17. The molecule has 0 aliphatic rings. The molecule has 1 amide bonds. The number of pyridine rings is 1. The Morgan fingerprint density at radius 2 is 2.12 bits per heavy atom. The number of anilines is 1. The first-order valence-electron chi connectivity index (χ1n) is 7.56. The Balaban J connectivity index is 1.64. The van der Waals surface area contributed by atoms with Crippen LogP contribution in [-0.4, -0.2) is 25.7 Å². The van der Waals surface area contributed by atoms with E-state index in [-0.39, 0.29) is 17.9 Å². The second kappa shape index (κ2) is 6.91. The summed E-state index contributed by atoms with van der Waals surface area (Å²) in [6, 6.07) is 12.2. The maximum Gasteiger partial charge on any atom is 0.250 e. The van der Waals surface area contributed by atoms with Gasteiger partial charge in [-0.15, -0.1) is 0 Å². The molecule has 0 fully saturated rings. The minimum absolute atomic E-state index is 0.118. The topological polar surface area (TPSA) is 92.7 Å². The van der Waals surface area contributed by atoms with Gasteiger partial charge in [0.1, 0.15) is 5.82 Å². The highest BCUT2D eigenvalue weighted by Crippen LogP contribution is 2.19. The van der Waals surface area contributed by atoms with Crippen LogP contribution in [0.3, 0.4) is 0 Å². The molecule has 1 aromatic carbocycles. The molecular weight excluding hydrogens is 306 g/mol. The number of nitrogens with one attached hydrogen (secondary N) is 2. The predicted molar refractivity (Wildman–Crippen MR) is 90.5 cm³/mol. The van der Waals surface area contributed by atoms with E-state index in [4.69, 9.17) is 0 Å². The van der Waals surface area contributed by atoms with Crippen molar-refractivity contribution in [3.8, 4) is 11.4 Å². The summed E-state index contributed by atoms with van der Waals surface area (Å²) in [5.41, 5.74) is 1.36. The Morgan fingerprint density at radius 1 is 1.25 bits per heavy atom. The van der Waals surface area contributed by atoms with Crippen LogP contribution < -0.4 is 10.9 Å². The van der Waals surface area contributed by atoms with E-state index in [1.165, 1.54) is 10.6 Å². The monoisotopic (exact) mass is 323 g/mol. The third-order valence-electron chi connectivity index (χ3n) is 3.48. The Morgan fingerprint density at radius 3 is 2.88 bits per heavy atom. The number of carbonyl (C=O) groups excluding carboxylic acids is 1. The van der Waals surface area contributed by atoms with Gasteiger partial charge in [0.25, 0.3) is 5.56 Å². The zero-order valence-corrected chi connectivity index (χ0v) is 13.2. The van der Waals surface area contributed by atoms with Crippen molar-refractivity contribution in [2.75, 3.05) is 5.32 Å². The maximum atomic E-state index is 12.1. The maximum absolute atomic E-state index is 12.1. The summed E-state index contributed by atoms with van der Waals surface area (Å²) < 4.78 is 1.51. The molecular formula is C17H17N5O2. The highest BCUT2D eigenvalue weighted by atomic mass is 16.1. The predicted octanol–water partition coefficient (Wildman–Crippen LogP) is 1.97. The van der Waals surface area contributed by atoms with Gasteiger partial charge in [-0.1, -0.05) is 18.2 Å². The molecule has 0 bridgehead atoms. The zero-order chi connectivity index (χ0) is 16.9. The van der Waals surface area contributed by atoms with E-state index in [0.717, 1.165) is 11.4 Å². The molecule has 24 heavy (non-hydrogen) atoms. The van der Waals surface area contributed by atoms with Crippen LogP contribution in [0.4, 0.5) is 5.69 Å². The lowest BCUT2D eigenvalue weighted by Crippen LogP contribution is -2.21. The molecule has 2 N–H and O–H groups in total. The smallest absolute Gasteiger partial charge is 0.250 e. The van der Waals surface area contributed by atoms with E-state index in [2.05, 4.69) is 20.5 Å². The van der Waals surface area contributed by atoms with E-state index in [1.807, 2.05) is 25.1 Å². The van der Waals surface area contributed by atoms with Crippen LogP contribution in [0.1, 0.15) is 12.2 Å². The van der Waals surface area contributed by atoms with Crippen molar-refractivity contribution in [1.82, 2.24) is 19.7 Å². The first-order chi connectivity index (χ1) is 11.6. The number of carbonyl (C=O) groups is 1. The number of rotatable bonds is 5. The minimum atomic E-state index is -0.158. The molecule has 0 saturated carbocycles. The Bertz CT molecular complexity index is 913. The molecule has 0 radical (unpaired) electrons. The van der Waals surface area contributed by atoms with Crippen molar-refractivity contribution in [3.05, 3.63) is 64.8 Å². The molecule has 122 valence electrons. The molecule has 0 unspecified atom stereocenters. The molecule has 7 nitrogen and oxygen atoms in total. The second-order valence-corrected chi connectivity index (χ2v) is 5.36. The Hall–Kier alpha value is -3.22. The van der Waals surface area contributed by atoms with Gasteiger partial charge in [-0.2, -0.15) is 5.10 Å². The summed E-state index contributed by atoms with van der Waals surface area (Å²) in [4.78, 5) is 28.0. The third kappa shape index (κ3) is 3.75. The largest absolute Gasteiger partial charge is 0.326 e. The van der Waals surface area contributed by atoms with Gasteiger partial charge in [0, 0.05) is 36.5 Å². The molecule has 0 saturated heterocycles. The normalized spacial score (nSPS) is 10.5. The first-order valence-corrected chi connectivity index (χ1v) is 7.56. The van der Waals surface area contributed by atoms with Crippen LogP contribution >= 0.6 is 0 Å². The second-order valence-electron chi connectivity index (χ2n) is 5.36. The molecule has 0 spiro atoms. The fourth-order valence-electron chi connectivity index (χ4n) is 2.30. The van der Waals surface area contributed by atoms with Crippen molar-refractivity contribution in [3.63, 3.8) is 0 Å². The molecule has 2 heterocycles. The fraction of sp³-hybridized carbons (Fsp3) is 0.176. The molecule has 3 rings (SSSR count). The average molecular weight is 323 g/mol. The number of aryl methyl sites for hydroxylation is 2. The van der Waals surface area contributed by atoms with Crippen LogP contribution in [0.25, 0.3) is 11.4 Å². The van der Waals surface area contributed by atoms with Crippen LogP contribution in [0.2, 0.25) is 0 Å². The van der Waals surface area contributed by atoms with Crippen LogP contribution in [-0.2, 0) is 11.3 Å². The molecule has 0 atom stereocenters. The SMILES string of the molecule is Cc1nc(-c2cccc(NC(=O)CCn3ccccc3=O)c2)n[nH]1. The van der Waals surface area contributed by atoms with Crippen LogP contribution in [0.5, 0.6) is 0 Å². The van der Waals surface area contributed by atoms with Gasteiger partial charge in [0.2, 0.25) is 5.91 Å². The standard InChI is InChI=1S/C17H17N5O2/c1-12-18-17(21-20-12)13-5-4-6-14(11-13)19-15(23)8-10-22-9-3-2-7-16(22)24/h2-7,9,11H,8,10H2,1H3,(H,19,23)(H,18,20,21). The van der Waals surface area contributed by atoms with E-state index in [9.17, 15) is 9.59 Å². The van der Waals surface area contributed by atoms with Crippen molar-refractivity contribution in [1.29, 1.82) is 0 Å². The summed E-state index contributed by atoms with van der Waals surface area (Å²) in [5.74, 6) is 1.15. The lowest BCUT2D eigenvalue weighted by molar-refractivity contribution is -0.116. The van der Waals surface area contributed by atoms with E-state index in [1.54, 1.807) is 24.4 Å². The van der Waals surface area contributed by atoms with Crippen molar-refractivity contribution in [2.45, 2.75) is 19.9 Å². The van der Waals surface area contributed by atoms with Gasteiger partial charge >= 0.3 is 0 Å². The van der Waals surface area contributed by atoms with Crippen LogP contribution in [0, 0.1) is 6.92 Å². The van der Waals surface area contributed by atoms with Gasteiger partial charge in [0.15, 0.2) is 5.82 Å². The minimum Gasteiger partial charge on any atom is -0.326 e. The summed E-state index contributed by atoms with van der Waals surface area (Å²) >= 11 is 0. The van der Waals surface area contributed by atoms with Crippen molar-refractivity contribution < 1.29 is 4.79 Å². The van der Waals surface area contributed by atoms with E-state index in [0.29, 0.717) is 18.1 Å². The van der Waals surface area contributed by atoms with Gasteiger partial charge in [-0.25, -0.2) is 4.98 Å². The van der Waals surface area contributed by atoms with E-state index < -0.39 is 0 Å². The highest BCUT2D eigenvalue weighted by molar-refractivity contribution is 5.91. The highest BCUT2D eigenvalue weighted by Gasteiger charge is 2.07. The number of H-pyrrole nitrogens is 1. The summed E-state index contributed by atoms with van der Waals surface area (Å²) in [7, 11) is 0. The Kier molecular flexibility index (Phi) is 4.51. The van der Waals surface area contributed by atoms with Gasteiger partial charge in [0.05, 0.1) is 0 Å². The zero-order valence-electron chi connectivity index (χ0n) is 13.2. The number of benzene rings is 1. The summed E-state index contributed by atoms with van der Waals surface area (Å²) in [6.07, 6.45) is 1.88. The molecule has 7 heteroatoms. The third-order valence-corrected chi connectivity index (χ3v) is 3.48. The average Bonchev–Trinajstić information content (AvgIpc) is 3.01. The van der Waals surface area contributed by atoms with Crippen molar-refractivity contribution in [2.24, 2.45) is 0 Å². The number of amides is 1. The lowest BCUT2D eigenvalue weighted by atomic mass is 10.2. The van der Waals surface area contributed by atoms with Gasteiger partial charge < -0.3 is 9.88 Å². The summed E-state index contributed by atoms with van der Waals surface area (Å²) in [5, 5.41) is 9.72. The molecule has 0 aliphatic heterocycles. The number of hydrogen-bond acceptors (Lipinski definition) is 4. The number of hydrogen-bond donors (Lipinski definition) is 2. The molecule has 2 aromatic heterocycles. The number of nitrogens with zero attached hydrogens (tertiary/aromatic N) is 3. The number of aromatic nitrogens is 4. The lowest BCUT2D eigenvalue weighted by Gasteiger charge is -2.07. The number of aromatic amines is 1. The quantitative estimate of drug-likeness (QED) is 0.751. The van der Waals surface area contributed by atoms with Crippen molar-refractivity contribution >= 4 is 11.6 Å².